The van der Waals surface area contributed by atoms with Crippen LogP contribution >= 0.6 is 0 Å². The Balaban J connectivity index is 1.27. The number of anilines is 2. The standard InChI is InChI=1S/C25H30N8O5/c1-36-21-19(37-13-15(34)10-32-11-16-2-3-17(12-32)38-16)5-4-18-20(21)30-25(33-7-6-27-22(18)33)31-23(35)14-8-28-24(26)29-9-14/h4-5,8-9,15-17,27,34H,2-3,6-7,10-13H2,1H3,(H2,26,28,29). The van der Waals surface area contributed by atoms with Gasteiger partial charge in [-0.25, -0.2) is 15.0 Å². The van der Waals surface area contributed by atoms with E-state index in [1.807, 2.05) is 10.6 Å². The first kappa shape index (κ1) is 24.5. The molecule has 3 unspecified atom stereocenters. The Labute approximate surface area is 218 Å². The van der Waals surface area contributed by atoms with Crippen molar-refractivity contribution in [1.82, 2.24) is 24.4 Å². The third-order valence-corrected chi connectivity index (χ3v) is 7.05. The van der Waals surface area contributed by atoms with Gasteiger partial charge in [0, 0.05) is 50.5 Å². The van der Waals surface area contributed by atoms with Gasteiger partial charge in [0.2, 0.25) is 11.6 Å². The number of carbonyl (C=O) groups excluding carboxylic acids is 1. The summed E-state index contributed by atoms with van der Waals surface area (Å²) in [6.45, 7) is 3.54. The van der Waals surface area contributed by atoms with Crippen molar-refractivity contribution >= 4 is 28.6 Å². The molecule has 1 aromatic carbocycles. The molecule has 4 N–H and O–H groups in total. The summed E-state index contributed by atoms with van der Waals surface area (Å²) in [7, 11) is 1.53. The zero-order chi connectivity index (χ0) is 26.2. The highest BCUT2D eigenvalue weighted by atomic mass is 16.5. The summed E-state index contributed by atoms with van der Waals surface area (Å²) in [6.07, 6.45) is 4.68. The second-order valence-corrected chi connectivity index (χ2v) is 9.72. The van der Waals surface area contributed by atoms with Gasteiger partial charge >= 0.3 is 0 Å². The predicted molar refractivity (Wildman–Crippen MR) is 137 cm³/mol. The van der Waals surface area contributed by atoms with Gasteiger partial charge in [-0.15, -0.1) is 0 Å². The molecule has 6 rings (SSSR count). The van der Waals surface area contributed by atoms with Gasteiger partial charge < -0.3 is 30.4 Å². The van der Waals surface area contributed by atoms with Crippen LogP contribution in [0.2, 0.25) is 0 Å². The molecular formula is C25H30N8O5. The topological polar surface area (TPSA) is 162 Å². The molecular weight excluding hydrogens is 492 g/mol. The van der Waals surface area contributed by atoms with Crippen LogP contribution in [-0.2, 0) is 11.3 Å². The van der Waals surface area contributed by atoms with Crippen LogP contribution in [-0.4, -0.2) is 93.6 Å². The zero-order valence-corrected chi connectivity index (χ0v) is 21.0. The Morgan fingerprint density at radius 2 is 2.05 bits per heavy atom. The summed E-state index contributed by atoms with van der Waals surface area (Å²) in [5.41, 5.74) is 6.44. The summed E-state index contributed by atoms with van der Waals surface area (Å²) < 4.78 is 19.4. The zero-order valence-electron chi connectivity index (χ0n) is 21.0. The number of hydrogen-bond donors (Lipinski definition) is 3. The van der Waals surface area contributed by atoms with Crippen molar-refractivity contribution in [2.24, 2.45) is 4.99 Å². The van der Waals surface area contributed by atoms with E-state index in [1.54, 1.807) is 6.07 Å². The number of likely N-dealkylation sites (tertiary alicyclic amines) is 1. The average molecular weight is 523 g/mol. The molecule has 13 heteroatoms. The molecule has 3 aliphatic rings. The second-order valence-electron chi connectivity index (χ2n) is 9.72. The number of aliphatic hydroxyl groups excluding tert-OH is 1. The molecule has 38 heavy (non-hydrogen) atoms. The number of nitrogens with two attached hydrogens (primary N) is 1. The van der Waals surface area contributed by atoms with Gasteiger partial charge in [-0.1, -0.05) is 0 Å². The van der Waals surface area contributed by atoms with Crippen LogP contribution in [0, 0.1) is 0 Å². The van der Waals surface area contributed by atoms with Crippen molar-refractivity contribution in [2.75, 3.05) is 50.9 Å². The van der Waals surface area contributed by atoms with Gasteiger partial charge in [0.25, 0.3) is 5.91 Å². The Hall–Kier alpha value is -3.81. The number of aromatic nitrogens is 4. The van der Waals surface area contributed by atoms with Crippen LogP contribution in [0.4, 0.5) is 11.8 Å². The van der Waals surface area contributed by atoms with Crippen LogP contribution in [0.1, 0.15) is 23.2 Å². The van der Waals surface area contributed by atoms with E-state index in [4.69, 9.17) is 19.9 Å². The fourth-order valence-electron chi connectivity index (χ4n) is 5.33. The molecule has 2 bridgehead atoms. The van der Waals surface area contributed by atoms with E-state index < -0.39 is 12.0 Å². The Morgan fingerprint density at radius 3 is 2.79 bits per heavy atom. The van der Waals surface area contributed by atoms with E-state index in [0.717, 1.165) is 37.1 Å². The molecule has 3 aliphatic heterocycles. The lowest BCUT2D eigenvalue weighted by Gasteiger charge is -2.33. The summed E-state index contributed by atoms with van der Waals surface area (Å²) in [5.74, 6) is 1.16. The Kier molecular flexibility index (Phi) is 6.55. The fraction of sp³-hybridized carbons (Fsp3) is 0.480. The lowest BCUT2D eigenvalue weighted by atomic mass is 10.2. The minimum Gasteiger partial charge on any atom is -0.491 e. The maximum absolute atomic E-state index is 12.8. The van der Waals surface area contributed by atoms with Crippen molar-refractivity contribution in [1.29, 1.82) is 0 Å². The minimum atomic E-state index is -0.677. The van der Waals surface area contributed by atoms with Crippen LogP contribution < -0.4 is 26.1 Å². The first-order valence-electron chi connectivity index (χ1n) is 12.7. The van der Waals surface area contributed by atoms with Crippen molar-refractivity contribution in [3.63, 3.8) is 0 Å². The molecule has 0 saturated carbocycles. The lowest BCUT2D eigenvalue weighted by Crippen LogP contribution is -2.46. The molecule has 1 amide bonds. The third-order valence-electron chi connectivity index (χ3n) is 7.05. The van der Waals surface area contributed by atoms with Crippen molar-refractivity contribution in [3.05, 3.63) is 35.7 Å². The maximum Gasteiger partial charge on any atom is 0.283 e. The molecule has 0 aliphatic carbocycles. The molecule has 2 fully saturated rings. The van der Waals surface area contributed by atoms with Gasteiger partial charge in [-0.2, -0.15) is 4.99 Å². The van der Waals surface area contributed by atoms with Crippen LogP contribution in [0.25, 0.3) is 10.9 Å². The van der Waals surface area contributed by atoms with E-state index >= 15 is 0 Å². The summed E-state index contributed by atoms with van der Waals surface area (Å²) >= 11 is 0. The largest absolute Gasteiger partial charge is 0.491 e. The number of carbonyl (C=O) groups is 1. The number of amides is 1. The van der Waals surface area contributed by atoms with Crippen molar-refractivity contribution in [3.8, 4) is 11.5 Å². The maximum atomic E-state index is 12.8. The normalized spacial score (nSPS) is 21.8. The number of benzene rings is 1. The number of nitrogen functional groups attached to an aromatic ring is 1. The SMILES string of the molecule is COc1c(OCC(O)CN2CC3CCC(C2)O3)ccc2c3n(c(=NC(=O)c4cnc(N)nc4)nc12)CCN3. The number of fused-ring (bicyclic) bond motifs is 5. The number of nitrogens with zero attached hydrogens (tertiary/aromatic N) is 6. The van der Waals surface area contributed by atoms with E-state index in [9.17, 15) is 9.90 Å². The lowest BCUT2D eigenvalue weighted by molar-refractivity contribution is -0.0529. The van der Waals surface area contributed by atoms with Gasteiger partial charge in [-0.3, -0.25) is 14.3 Å². The molecule has 2 saturated heterocycles. The van der Waals surface area contributed by atoms with Crippen molar-refractivity contribution < 1.29 is 24.1 Å². The number of methoxy groups -OCH3 is 1. The highest BCUT2D eigenvalue weighted by molar-refractivity contribution is 5.96. The molecule has 2 aromatic heterocycles. The second kappa shape index (κ2) is 10.2. The van der Waals surface area contributed by atoms with Crippen molar-refractivity contribution in [2.45, 2.75) is 37.7 Å². The number of hydrogen-bond acceptors (Lipinski definition) is 11. The Morgan fingerprint density at radius 1 is 1.29 bits per heavy atom. The van der Waals surface area contributed by atoms with Crippen LogP contribution in [0.5, 0.6) is 11.5 Å². The number of aliphatic hydroxyl groups is 1. The quantitative estimate of drug-likeness (QED) is 0.388. The van der Waals surface area contributed by atoms with Gasteiger partial charge in [0.1, 0.15) is 24.0 Å². The number of β-amino-alcohol motifs (C(OH)–C–C–N with tert-alkyl or cyclic N) is 1. The Bertz CT molecular complexity index is 1410. The summed E-state index contributed by atoms with van der Waals surface area (Å²) in [5, 5.41) is 14.8. The molecule has 0 radical (unpaired) electrons. The number of rotatable bonds is 7. The van der Waals surface area contributed by atoms with Gasteiger partial charge in [0.05, 0.1) is 24.9 Å². The molecule has 3 aromatic rings. The minimum absolute atomic E-state index is 0.0734. The number of morpholine rings is 1. The third kappa shape index (κ3) is 4.75. The van der Waals surface area contributed by atoms with E-state index in [1.165, 1.54) is 19.5 Å². The monoisotopic (exact) mass is 522 g/mol. The van der Waals surface area contributed by atoms with Gasteiger partial charge in [-0.05, 0) is 25.0 Å². The van der Waals surface area contributed by atoms with Gasteiger partial charge in [0.15, 0.2) is 11.5 Å². The molecule has 5 heterocycles. The highest BCUT2D eigenvalue weighted by Crippen LogP contribution is 2.37. The van der Waals surface area contributed by atoms with Crippen LogP contribution in [0.15, 0.2) is 29.5 Å². The van der Waals surface area contributed by atoms with E-state index in [-0.39, 0.29) is 35.9 Å². The van der Waals surface area contributed by atoms with Crippen LogP contribution in [0.3, 0.4) is 0 Å². The number of nitrogens with one attached hydrogen (secondary N) is 1. The molecule has 3 atom stereocenters. The van der Waals surface area contributed by atoms with E-state index in [2.05, 4.69) is 30.2 Å². The first-order chi connectivity index (χ1) is 18.5. The highest BCUT2D eigenvalue weighted by Gasteiger charge is 2.34. The number of ether oxygens (including phenoxy) is 3. The fourth-order valence-corrected chi connectivity index (χ4v) is 5.33. The summed E-state index contributed by atoms with van der Waals surface area (Å²) in [6, 6.07) is 3.69. The smallest absolute Gasteiger partial charge is 0.283 e. The summed E-state index contributed by atoms with van der Waals surface area (Å²) in [4.78, 5) is 31.7. The van der Waals surface area contributed by atoms with E-state index in [0.29, 0.717) is 36.6 Å². The molecule has 13 nitrogen and oxygen atoms in total. The predicted octanol–water partition coefficient (Wildman–Crippen LogP) is 0.187. The molecule has 0 spiro atoms. The first-order valence-corrected chi connectivity index (χ1v) is 12.7. The molecule has 200 valence electrons. The average Bonchev–Trinajstić information content (AvgIpc) is 3.54.